The topological polar surface area (TPSA) is 65.5 Å². The van der Waals surface area contributed by atoms with Crippen LogP contribution in [0.5, 0.6) is 0 Å². The predicted octanol–water partition coefficient (Wildman–Crippen LogP) is 2.80. The lowest BCUT2D eigenvalue weighted by atomic mass is 10.3. The molecule has 0 unspecified atom stereocenters. The third kappa shape index (κ3) is 2.62. The van der Waals surface area contributed by atoms with Gasteiger partial charge >= 0.3 is 5.97 Å². The molecule has 17 heavy (non-hydrogen) atoms. The molecule has 0 saturated heterocycles. The molecule has 0 spiro atoms. The number of furan rings is 1. The summed E-state index contributed by atoms with van der Waals surface area (Å²) < 4.78 is 9.89. The summed E-state index contributed by atoms with van der Waals surface area (Å²) in [4.78, 5) is 12.1. The Morgan fingerprint density at radius 2 is 2.06 bits per heavy atom. The zero-order valence-corrected chi connectivity index (χ0v) is 9.99. The van der Waals surface area contributed by atoms with Gasteiger partial charge in [0, 0.05) is 10.6 Å². The molecule has 0 bridgehead atoms. The van der Waals surface area contributed by atoms with Gasteiger partial charge in [-0.1, -0.05) is 12.1 Å². The van der Waals surface area contributed by atoms with Gasteiger partial charge in [-0.05, 0) is 36.0 Å². The SMILES string of the molecule is COC(=O)c1ccc(Sc2ccccc2N)o1. The maximum atomic E-state index is 11.2. The molecule has 4 nitrogen and oxygen atoms in total. The number of methoxy groups -OCH3 is 1. The van der Waals surface area contributed by atoms with Crippen LogP contribution in [0.15, 0.2) is 50.8 Å². The lowest BCUT2D eigenvalue weighted by Crippen LogP contribution is -1.98. The lowest BCUT2D eigenvalue weighted by molar-refractivity contribution is 0.0559. The maximum absolute atomic E-state index is 11.2. The zero-order valence-electron chi connectivity index (χ0n) is 9.17. The van der Waals surface area contributed by atoms with Gasteiger partial charge in [-0.3, -0.25) is 0 Å². The van der Waals surface area contributed by atoms with E-state index < -0.39 is 5.97 Å². The fraction of sp³-hybridized carbons (Fsp3) is 0.0833. The minimum Gasteiger partial charge on any atom is -0.463 e. The van der Waals surface area contributed by atoms with Gasteiger partial charge in [0.1, 0.15) is 0 Å². The molecule has 2 aromatic rings. The molecular weight excluding hydrogens is 238 g/mol. The van der Waals surface area contributed by atoms with Crippen LogP contribution in [0.1, 0.15) is 10.6 Å². The summed E-state index contributed by atoms with van der Waals surface area (Å²) >= 11 is 1.36. The number of hydrogen-bond acceptors (Lipinski definition) is 5. The van der Waals surface area contributed by atoms with Gasteiger partial charge < -0.3 is 14.9 Å². The minimum absolute atomic E-state index is 0.185. The van der Waals surface area contributed by atoms with Crippen molar-refractivity contribution in [1.29, 1.82) is 0 Å². The van der Waals surface area contributed by atoms with E-state index in [1.54, 1.807) is 12.1 Å². The molecule has 0 aliphatic rings. The zero-order chi connectivity index (χ0) is 12.3. The average Bonchev–Trinajstić information content (AvgIpc) is 2.80. The number of rotatable bonds is 3. The first kappa shape index (κ1) is 11.6. The van der Waals surface area contributed by atoms with E-state index in [-0.39, 0.29) is 5.76 Å². The van der Waals surface area contributed by atoms with Crippen LogP contribution in [0, 0.1) is 0 Å². The number of hydrogen-bond donors (Lipinski definition) is 1. The third-order valence-electron chi connectivity index (χ3n) is 2.10. The molecule has 0 atom stereocenters. The Balaban J connectivity index is 2.17. The van der Waals surface area contributed by atoms with E-state index in [4.69, 9.17) is 10.2 Å². The van der Waals surface area contributed by atoms with Crippen molar-refractivity contribution in [1.82, 2.24) is 0 Å². The Morgan fingerprint density at radius 1 is 1.29 bits per heavy atom. The molecule has 0 aliphatic carbocycles. The van der Waals surface area contributed by atoms with Crippen LogP contribution < -0.4 is 5.73 Å². The lowest BCUT2D eigenvalue weighted by Gasteiger charge is -2.01. The van der Waals surface area contributed by atoms with E-state index in [1.807, 2.05) is 24.3 Å². The molecule has 1 aromatic carbocycles. The summed E-state index contributed by atoms with van der Waals surface area (Å²) in [5, 5.41) is 0.600. The van der Waals surface area contributed by atoms with Crippen molar-refractivity contribution in [2.75, 3.05) is 12.8 Å². The Morgan fingerprint density at radius 3 is 2.76 bits per heavy atom. The van der Waals surface area contributed by atoms with Crippen molar-refractivity contribution in [3.05, 3.63) is 42.2 Å². The fourth-order valence-electron chi connectivity index (χ4n) is 1.27. The number of para-hydroxylation sites is 1. The number of nitrogen functional groups attached to an aromatic ring is 1. The molecule has 0 radical (unpaired) electrons. The van der Waals surface area contributed by atoms with Crippen LogP contribution in [0.4, 0.5) is 5.69 Å². The van der Waals surface area contributed by atoms with E-state index in [0.29, 0.717) is 10.8 Å². The molecule has 0 saturated carbocycles. The second-order valence-electron chi connectivity index (χ2n) is 3.25. The molecule has 2 N–H and O–H groups in total. The third-order valence-corrected chi connectivity index (χ3v) is 3.11. The first-order valence-corrected chi connectivity index (χ1v) is 5.73. The highest BCUT2D eigenvalue weighted by Crippen LogP contribution is 2.32. The molecule has 88 valence electrons. The first-order chi connectivity index (χ1) is 8.20. The van der Waals surface area contributed by atoms with Crippen LogP contribution in [0.2, 0.25) is 0 Å². The first-order valence-electron chi connectivity index (χ1n) is 4.91. The number of carbonyl (C=O) groups excluding carboxylic acids is 1. The van der Waals surface area contributed by atoms with Crippen molar-refractivity contribution in [3.8, 4) is 0 Å². The van der Waals surface area contributed by atoms with Crippen LogP contribution in [-0.4, -0.2) is 13.1 Å². The largest absolute Gasteiger partial charge is 0.463 e. The molecule has 0 fully saturated rings. The molecule has 5 heteroatoms. The average molecular weight is 249 g/mol. The summed E-state index contributed by atoms with van der Waals surface area (Å²) in [6.45, 7) is 0. The van der Waals surface area contributed by atoms with Crippen molar-refractivity contribution in [3.63, 3.8) is 0 Å². The normalized spacial score (nSPS) is 10.2. The summed E-state index contributed by atoms with van der Waals surface area (Å²) in [6.07, 6.45) is 0. The number of esters is 1. The Hall–Kier alpha value is -1.88. The van der Waals surface area contributed by atoms with Gasteiger partial charge in [-0.2, -0.15) is 0 Å². The highest BCUT2D eigenvalue weighted by atomic mass is 32.2. The molecule has 1 aromatic heterocycles. The molecule has 1 heterocycles. The molecule has 2 rings (SSSR count). The number of nitrogens with two attached hydrogens (primary N) is 1. The molecular formula is C12H11NO3S. The van der Waals surface area contributed by atoms with Crippen molar-refractivity contribution in [2.45, 2.75) is 9.99 Å². The Labute approximate surface area is 103 Å². The van der Waals surface area contributed by atoms with Crippen molar-refractivity contribution >= 4 is 23.4 Å². The minimum atomic E-state index is -0.488. The second-order valence-corrected chi connectivity index (χ2v) is 4.30. The monoisotopic (exact) mass is 249 g/mol. The number of benzene rings is 1. The van der Waals surface area contributed by atoms with E-state index in [9.17, 15) is 4.79 Å². The van der Waals surface area contributed by atoms with Gasteiger partial charge in [0.05, 0.1) is 7.11 Å². The van der Waals surface area contributed by atoms with Crippen LogP contribution >= 0.6 is 11.8 Å². The van der Waals surface area contributed by atoms with Gasteiger partial charge in [-0.25, -0.2) is 4.79 Å². The standard InChI is InChI=1S/C12H11NO3S/c1-15-12(14)9-6-7-11(16-9)17-10-5-3-2-4-8(10)13/h2-7H,13H2,1H3. The van der Waals surface area contributed by atoms with E-state index >= 15 is 0 Å². The highest BCUT2D eigenvalue weighted by Gasteiger charge is 2.12. The van der Waals surface area contributed by atoms with Gasteiger partial charge in [0.25, 0.3) is 0 Å². The van der Waals surface area contributed by atoms with Gasteiger partial charge in [0.2, 0.25) is 5.76 Å². The van der Waals surface area contributed by atoms with E-state index in [0.717, 1.165) is 4.90 Å². The van der Waals surface area contributed by atoms with Crippen molar-refractivity contribution < 1.29 is 13.9 Å². The van der Waals surface area contributed by atoms with Crippen LogP contribution in [-0.2, 0) is 4.74 Å². The molecule has 0 amide bonds. The maximum Gasteiger partial charge on any atom is 0.374 e. The summed E-state index contributed by atoms with van der Waals surface area (Å²) in [7, 11) is 1.31. The highest BCUT2D eigenvalue weighted by molar-refractivity contribution is 7.99. The molecule has 0 aliphatic heterocycles. The quantitative estimate of drug-likeness (QED) is 0.669. The van der Waals surface area contributed by atoms with Crippen LogP contribution in [0.3, 0.4) is 0 Å². The smallest absolute Gasteiger partial charge is 0.374 e. The number of ether oxygens (including phenoxy) is 1. The summed E-state index contributed by atoms with van der Waals surface area (Å²) in [5.41, 5.74) is 6.48. The van der Waals surface area contributed by atoms with E-state index in [2.05, 4.69) is 4.74 Å². The second kappa shape index (κ2) is 4.97. The summed E-state index contributed by atoms with van der Waals surface area (Å²) in [5.74, 6) is -0.303. The van der Waals surface area contributed by atoms with Gasteiger partial charge in [0.15, 0.2) is 5.09 Å². The van der Waals surface area contributed by atoms with E-state index in [1.165, 1.54) is 18.9 Å². The number of carbonyl (C=O) groups is 1. The van der Waals surface area contributed by atoms with Crippen molar-refractivity contribution in [2.24, 2.45) is 0 Å². The number of anilines is 1. The van der Waals surface area contributed by atoms with Gasteiger partial charge in [-0.15, -0.1) is 0 Å². The Bertz CT molecular complexity index is 536. The summed E-state index contributed by atoms with van der Waals surface area (Å²) in [6, 6.07) is 10.7. The van der Waals surface area contributed by atoms with Crippen LogP contribution in [0.25, 0.3) is 0 Å². The predicted molar refractivity (Wildman–Crippen MR) is 65.0 cm³/mol. The fourth-order valence-corrected chi connectivity index (χ4v) is 2.08. The Kier molecular flexibility index (Phi) is 3.39.